The van der Waals surface area contributed by atoms with Crippen LogP contribution in [-0.2, 0) is 9.53 Å². The lowest BCUT2D eigenvalue weighted by molar-refractivity contribution is -0.123. The van der Waals surface area contributed by atoms with Crippen LogP contribution in [0.3, 0.4) is 0 Å². The number of rotatable bonds is 5. The highest BCUT2D eigenvalue weighted by Gasteiger charge is 2.21. The number of nitrogens with zero attached hydrogens (tertiary/aromatic N) is 2. The number of anilines is 3. The monoisotopic (exact) mass is 342 g/mol. The van der Waals surface area contributed by atoms with E-state index in [4.69, 9.17) is 4.74 Å². The van der Waals surface area contributed by atoms with Crippen LogP contribution >= 0.6 is 0 Å². The first-order valence-electron chi connectivity index (χ1n) is 7.99. The Balaban J connectivity index is 2.12. The van der Waals surface area contributed by atoms with Crippen LogP contribution in [0, 0.1) is 5.41 Å². The van der Waals surface area contributed by atoms with Crippen LogP contribution in [0.25, 0.3) is 0 Å². The number of esters is 1. The minimum atomic E-state index is -0.517. The summed E-state index contributed by atoms with van der Waals surface area (Å²) in [5.41, 5.74) is 0.468. The first-order chi connectivity index (χ1) is 11.8. The van der Waals surface area contributed by atoms with Crippen molar-refractivity contribution in [2.45, 2.75) is 27.7 Å². The number of carbonyl (C=O) groups excluding carboxylic acids is 2. The van der Waals surface area contributed by atoms with Crippen molar-refractivity contribution in [2.75, 3.05) is 17.2 Å². The second-order valence-electron chi connectivity index (χ2n) is 6.40. The minimum Gasteiger partial charge on any atom is -0.462 e. The Morgan fingerprint density at radius 2 is 1.68 bits per heavy atom. The molecule has 0 aliphatic heterocycles. The average molecular weight is 342 g/mol. The Morgan fingerprint density at radius 3 is 2.28 bits per heavy atom. The van der Waals surface area contributed by atoms with Crippen LogP contribution in [0.4, 0.5) is 17.3 Å². The summed E-state index contributed by atoms with van der Waals surface area (Å²) in [6.07, 6.45) is 0. The van der Waals surface area contributed by atoms with Gasteiger partial charge in [0, 0.05) is 5.41 Å². The number of carbonyl (C=O) groups is 2. The number of ether oxygens (including phenoxy) is 1. The average Bonchev–Trinajstić information content (AvgIpc) is 2.56. The van der Waals surface area contributed by atoms with Crippen molar-refractivity contribution in [1.29, 1.82) is 0 Å². The van der Waals surface area contributed by atoms with E-state index in [1.165, 1.54) is 0 Å². The van der Waals surface area contributed by atoms with E-state index in [2.05, 4.69) is 20.8 Å². The molecule has 7 heteroatoms. The van der Waals surface area contributed by atoms with E-state index in [-0.39, 0.29) is 5.91 Å². The highest BCUT2D eigenvalue weighted by atomic mass is 16.5. The summed E-state index contributed by atoms with van der Waals surface area (Å²) < 4.78 is 5.04. The second-order valence-corrected chi connectivity index (χ2v) is 6.40. The Hall–Kier alpha value is -2.96. The summed E-state index contributed by atoms with van der Waals surface area (Å²) in [7, 11) is 0. The molecule has 0 saturated heterocycles. The summed E-state index contributed by atoms with van der Waals surface area (Å²) >= 11 is 0. The molecule has 0 unspecified atom stereocenters. The van der Waals surface area contributed by atoms with Gasteiger partial charge in [-0.2, -0.15) is 0 Å². The lowest BCUT2D eigenvalue weighted by atomic mass is 9.96. The zero-order valence-electron chi connectivity index (χ0n) is 14.8. The number of para-hydroxylation sites is 1. The van der Waals surface area contributed by atoms with Crippen molar-refractivity contribution >= 4 is 29.2 Å². The van der Waals surface area contributed by atoms with Crippen molar-refractivity contribution in [3.05, 3.63) is 42.0 Å². The van der Waals surface area contributed by atoms with E-state index in [9.17, 15) is 9.59 Å². The van der Waals surface area contributed by atoms with Gasteiger partial charge in [0.1, 0.15) is 0 Å². The Morgan fingerprint density at radius 1 is 1.04 bits per heavy atom. The summed E-state index contributed by atoms with van der Waals surface area (Å²) in [6.45, 7) is 7.51. The minimum absolute atomic E-state index is 0.143. The third-order valence-corrected chi connectivity index (χ3v) is 3.27. The fourth-order valence-electron chi connectivity index (χ4n) is 1.89. The summed E-state index contributed by atoms with van der Waals surface area (Å²) in [5.74, 6) is 0.262. The van der Waals surface area contributed by atoms with Gasteiger partial charge in [-0.05, 0) is 31.2 Å². The number of benzene rings is 1. The van der Waals surface area contributed by atoms with Crippen molar-refractivity contribution < 1.29 is 14.3 Å². The molecule has 0 bridgehead atoms. The van der Waals surface area contributed by atoms with Crippen LogP contribution < -0.4 is 10.6 Å². The van der Waals surface area contributed by atoms with Crippen LogP contribution in [-0.4, -0.2) is 28.7 Å². The number of hydrogen-bond donors (Lipinski definition) is 2. The van der Waals surface area contributed by atoms with E-state index in [1.807, 2.05) is 20.8 Å². The maximum Gasteiger partial charge on any atom is 0.340 e. The Bertz CT molecular complexity index is 752. The molecule has 2 aromatic rings. The van der Waals surface area contributed by atoms with E-state index in [1.54, 1.807) is 43.3 Å². The molecule has 0 aliphatic carbocycles. The molecular formula is C18H22N4O3. The molecule has 0 aliphatic rings. The molecule has 0 fully saturated rings. The van der Waals surface area contributed by atoms with Crippen LogP contribution in [0.5, 0.6) is 0 Å². The summed E-state index contributed by atoms with van der Waals surface area (Å²) in [5, 5.41) is 13.7. The van der Waals surface area contributed by atoms with Crippen LogP contribution in [0.15, 0.2) is 36.4 Å². The lowest BCUT2D eigenvalue weighted by Crippen LogP contribution is -2.28. The number of aromatic nitrogens is 2. The second kappa shape index (κ2) is 7.74. The molecule has 0 atom stereocenters. The van der Waals surface area contributed by atoms with Gasteiger partial charge >= 0.3 is 5.97 Å². The number of hydrogen-bond acceptors (Lipinski definition) is 6. The molecule has 0 saturated carbocycles. The zero-order valence-corrected chi connectivity index (χ0v) is 14.8. The summed E-state index contributed by atoms with van der Waals surface area (Å²) in [4.78, 5) is 23.9. The quantitative estimate of drug-likeness (QED) is 0.809. The van der Waals surface area contributed by atoms with Gasteiger partial charge in [-0.15, -0.1) is 10.2 Å². The van der Waals surface area contributed by atoms with Gasteiger partial charge in [0.25, 0.3) is 0 Å². The standard InChI is InChI=1S/C18H22N4O3/c1-5-25-16(23)12-8-6-7-9-13(12)19-14-10-11-15(22-21-14)20-17(24)18(2,3)4/h6-11H,5H2,1-4H3,(H,19,21)(H,20,22,24). The van der Waals surface area contributed by atoms with Crippen molar-refractivity contribution in [3.63, 3.8) is 0 Å². The molecule has 25 heavy (non-hydrogen) atoms. The third kappa shape index (κ3) is 5.00. The molecule has 1 aromatic carbocycles. The molecule has 0 spiro atoms. The normalized spacial score (nSPS) is 10.9. The first kappa shape index (κ1) is 18.4. The van der Waals surface area contributed by atoms with Crippen LogP contribution in [0.2, 0.25) is 0 Å². The van der Waals surface area contributed by atoms with E-state index >= 15 is 0 Å². The smallest absolute Gasteiger partial charge is 0.340 e. The van der Waals surface area contributed by atoms with Crippen molar-refractivity contribution in [1.82, 2.24) is 10.2 Å². The zero-order chi connectivity index (χ0) is 18.4. The van der Waals surface area contributed by atoms with E-state index < -0.39 is 11.4 Å². The first-order valence-corrected chi connectivity index (χ1v) is 7.99. The predicted molar refractivity (Wildman–Crippen MR) is 95.8 cm³/mol. The predicted octanol–water partition coefficient (Wildman–Crippen LogP) is 3.38. The van der Waals surface area contributed by atoms with Gasteiger partial charge in [0.2, 0.25) is 5.91 Å². The van der Waals surface area contributed by atoms with Gasteiger partial charge in [-0.25, -0.2) is 4.79 Å². The van der Waals surface area contributed by atoms with Gasteiger partial charge in [-0.1, -0.05) is 32.9 Å². The molecule has 1 aromatic heterocycles. The largest absolute Gasteiger partial charge is 0.462 e. The molecule has 1 amide bonds. The molecule has 2 rings (SSSR count). The molecule has 7 nitrogen and oxygen atoms in total. The van der Waals surface area contributed by atoms with Gasteiger partial charge in [0.15, 0.2) is 11.6 Å². The topological polar surface area (TPSA) is 93.2 Å². The lowest BCUT2D eigenvalue weighted by Gasteiger charge is -2.17. The molecule has 1 heterocycles. The molecule has 0 radical (unpaired) electrons. The van der Waals surface area contributed by atoms with Crippen molar-refractivity contribution in [2.24, 2.45) is 5.41 Å². The maximum atomic E-state index is 12.0. The highest BCUT2D eigenvalue weighted by Crippen LogP contribution is 2.21. The molecular weight excluding hydrogens is 320 g/mol. The maximum absolute atomic E-state index is 12.0. The van der Waals surface area contributed by atoms with E-state index in [0.29, 0.717) is 29.5 Å². The van der Waals surface area contributed by atoms with Crippen LogP contribution in [0.1, 0.15) is 38.1 Å². The summed E-state index contributed by atoms with van der Waals surface area (Å²) in [6, 6.07) is 10.3. The van der Waals surface area contributed by atoms with Crippen molar-refractivity contribution in [3.8, 4) is 0 Å². The number of amides is 1. The fourth-order valence-corrected chi connectivity index (χ4v) is 1.89. The van der Waals surface area contributed by atoms with E-state index in [0.717, 1.165) is 0 Å². The Labute approximate surface area is 146 Å². The number of nitrogens with one attached hydrogen (secondary N) is 2. The Kier molecular flexibility index (Phi) is 5.69. The molecule has 2 N–H and O–H groups in total. The highest BCUT2D eigenvalue weighted by molar-refractivity contribution is 5.96. The third-order valence-electron chi connectivity index (χ3n) is 3.27. The fraction of sp³-hybridized carbons (Fsp3) is 0.333. The van der Waals surface area contributed by atoms with Gasteiger partial charge < -0.3 is 15.4 Å². The van der Waals surface area contributed by atoms with Gasteiger partial charge in [-0.3, -0.25) is 4.79 Å². The molecule has 132 valence electrons. The SMILES string of the molecule is CCOC(=O)c1ccccc1Nc1ccc(NC(=O)C(C)(C)C)nn1. The van der Waals surface area contributed by atoms with Gasteiger partial charge in [0.05, 0.1) is 17.9 Å².